The van der Waals surface area contributed by atoms with Crippen LogP contribution in [-0.2, 0) is 0 Å². The first-order chi connectivity index (χ1) is 16.3. The number of para-hydroxylation sites is 1. The van der Waals surface area contributed by atoms with Crippen LogP contribution in [-0.4, -0.2) is 56.4 Å². The number of carboxylic acids is 3. The van der Waals surface area contributed by atoms with Gasteiger partial charge in [0.1, 0.15) is 17.2 Å². The summed E-state index contributed by atoms with van der Waals surface area (Å²) >= 11 is 0. The molecule has 0 unspecified atom stereocenters. The average Bonchev–Trinajstić information content (AvgIpc) is 2.73. The van der Waals surface area contributed by atoms with Crippen molar-refractivity contribution in [2.24, 2.45) is 0 Å². The van der Waals surface area contributed by atoms with Crippen molar-refractivity contribution < 1.29 is 49.8 Å². The van der Waals surface area contributed by atoms with Gasteiger partial charge in [0.15, 0.2) is 5.78 Å². The zero-order valence-electron chi connectivity index (χ0n) is 18.6. The number of nitrogen functional groups attached to an aromatic ring is 2. The normalized spacial score (nSPS) is 9.25. The van der Waals surface area contributed by atoms with Crippen LogP contribution < -0.4 is 26.8 Å². The van der Waals surface area contributed by atoms with E-state index in [1.165, 1.54) is 49.4 Å². The van der Waals surface area contributed by atoms with Gasteiger partial charge in [-0.3, -0.25) is 4.79 Å². The zero-order chi connectivity index (χ0) is 26.9. The number of carbonyl (C=O) groups excluding carboxylic acids is 4. The molecule has 0 saturated carbocycles. The number of carbonyl (C=O) groups is 4. The minimum Gasteiger partial charge on any atom is -0.545 e. The zero-order valence-corrected chi connectivity index (χ0v) is 19.8. The summed E-state index contributed by atoms with van der Waals surface area (Å²) in [5.74, 6) is -5.99. The molecule has 0 aliphatic carbocycles. The van der Waals surface area contributed by atoms with E-state index >= 15 is 0 Å². The first-order valence-corrected chi connectivity index (χ1v) is 9.40. The van der Waals surface area contributed by atoms with Crippen LogP contribution in [0.4, 0.5) is 11.4 Å². The summed E-state index contributed by atoms with van der Waals surface area (Å²) in [5, 5.41) is 58.1. The molecular weight excluding hydrogens is 491 g/mol. The number of Topliss-reactive ketones (excluding diaryl/α,β-unsaturated/α-hetero) is 1. The van der Waals surface area contributed by atoms with Gasteiger partial charge in [0.2, 0.25) is 0 Å². The number of carboxylic acid groups (broad SMARTS) is 3. The molecule has 0 atom stereocenters. The molecule has 36 heavy (non-hydrogen) atoms. The van der Waals surface area contributed by atoms with Gasteiger partial charge in [-0.15, -0.1) is 0 Å². The summed E-state index contributed by atoms with van der Waals surface area (Å²) in [6.07, 6.45) is 0. The van der Waals surface area contributed by atoms with Gasteiger partial charge in [0.05, 0.1) is 23.5 Å². The van der Waals surface area contributed by atoms with Gasteiger partial charge in [-0.25, -0.2) is 0 Å². The monoisotopic (exact) mass is 510 g/mol. The Morgan fingerprint density at radius 1 is 0.639 bits per heavy atom. The minimum atomic E-state index is -1.50. The number of ketones is 1. The van der Waals surface area contributed by atoms with Crippen molar-refractivity contribution in [2.75, 3.05) is 11.5 Å². The SMILES string of the molecule is CC(=O)c1cccc(C(=O)[O-])c1O.Nc1ccc(C(=O)[O-])c(O)c1.Nc1ccc(C(=O)[O-])c(O)c1.[Al+3]. The number of phenols is 3. The van der Waals surface area contributed by atoms with E-state index in [9.17, 15) is 39.6 Å². The predicted molar refractivity (Wildman–Crippen MR) is 122 cm³/mol. The summed E-state index contributed by atoms with van der Waals surface area (Å²) in [6, 6.07) is 11.4. The molecular formula is C23H19AlN2O10. The van der Waals surface area contributed by atoms with E-state index in [-0.39, 0.29) is 56.9 Å². The van der Waals surface area contributed by atoms with Gasteiger partial charge >= 0.3 is 17.4 Å². The van der Waals surface area contributed by atoms with Crippen LogP contribution in [0.1, 0.15) is 48.4 Å². The Kier molecular flexibility index (Phi) is 12.0. The molecule has 3 rings (SSSR count). The number of nitrogens with two attached hydrogens (primary N) is 2. The molecule has 0 amide bonds. The van der Waals surface area contributed by atoms with E-state index in [4.69, 9.17) is 21.7 Å². The quantitative estimate of drug-likeness (QED) is 0.149. The van der Waals surface area contributed by atoms with E-state index in [1.807, 2.05) is 0 Å². The number of benzene rings is 3. The van der Waals surface area contributed by atoms with Crippen LogP contribution in [0.15, 0.2) is 54.6 Å². The van der Waals surface area contributed by atoms with E-state index in [0.29, 0.717) is 11.4 Å². The molecule has 3 aromatic rings. The van der Waals surface area contributed by atoms with Crippen LogP contribution in [0.5, 0.6) is 17.2 Å². The maximum Gasteiger partial charge on any atom is 3.00 e. The van der Waals surface area contributed by atoms with Crippen molar-refractivity contribution in [1.29, 1.82) is 0 Å². The molecule has 7 N–H and O–H groups in total. The summed E-state index contributed by atoms with van der Waals surface area (Å²) in [5.41, 5.74) is 10.3. The number of aromatic hydroxyl groups is 3. The Labute approximate surface area is 214 Å². The molecule has 0 aliphatic rings. The van der Waals surface area contributed by atoms with Crippen LogP contribution in [0.25, 0.3) is 0 Å². The van der Waals surface area contributed by atoms with Crippen molar-refractivity contribution in [3.05, 3.63) is 76.9 Å². The van der Waals surface area contributed by atoms with Gasteiger partial charge in [-0.2, -0.15) is 0 Å². The third-order valence-corrected chi connectivity index (χ3v) is 4.12. The fraction of sp³-hybridized carbons (Fsp3) is 0.0435. The molecule has 0 radical (unpaired) electrons. The molecule has 184 valence electrons. The van der Waals surface area contributed by atoms with Crippen molar-refractivity contribution in [1.82, 2.24) is 0 Å². The first-order valence-electron chi connectivity index (χ1n) is 9.40. The largest absolute Gasteiger partial charge is 3.00 e. The molecule has 0 aliphatic heterocycles. The third-order valence-electron chi connectivity index (χ3n) is 4.12. The van der Waals surface area contributed by atoms with Crippen LogP contribution in [0.2, 0.25) is 0 Å². The van der Waals surface area contributed by atoms with Gasteiger partial charge in [0, 0.05) is 40.2 Å². The van der Waals surface area contributed by atoms with Crippen molar-refractivity contribution in [2.45, 2.75) is 6.92 Å². The molecule has 0 aromatic heterocycles. The molecule has 13 heteroatoms. The van der Waals surface area contributed by atoms with Gasteiger partial charge in [-0.05, 0) is 43.3 Å². The maximum absolute atomic E-state index is 10.9. The van der Waals surface area contributed by atoms with Crippen molar-refractivity contribution in [3.63, 3.8) is 0 Å². The minimum absolute atomic E-state index is 0. The molecule has 12 nitrogen and oxygen atoms in total. The molecule has 0 spiro atoms. The van der Waals surface area contributed by atoms with E-state index in [1.54, 1.807) is 0 Å². The summed E-state index contributed by atoms with van der Waals surface area (Å²) in [7, 11) is 0. The molecule has 0 saturated heterocycles. The second kappa shape index (κ2) is 13.9. The molecule has 0 fully saturated rings. The van der Waals surface area contributed by atoms with Crippen LogP contribution in [0, 0.1) is 0 Å². The van der Waals surface area contributed by atoms with E-state index in [0.717, 1.165) is 12.1 Å². The molecule has 3 aromatic carbocycles. The second-order valence-corrected chi connectivity index (χ2v) is 6.67. The van der Waals surface area contributed by atoms with E-state index in [2.05, 4.69) is 0 Å². The Bertz CT molecular complexity index is 1180. The standard InChI is InChI=1S/C9H8O4.2C7H7NO3.Al/c1-5(10)6-3-2-4-7(8(6)11)9(12)13;2*8-4-1-2-5(7(10)11)6(9)3-4;/h2-4,11H,1H3,(H,12,13);2*1-3,9H,8H2,(H,10,11);/q;;;+3/p-3. The summed E-state index contributed by atoms with van der Waals surface area (Å²) in [6.45, 7) is 1.24. The Morgan fingerprint density at radius 2 is 1.00 bits per heavy atom. The number of aromatic carboxylic acids is 3. The van der Waals surface area contributed by atoms with Crippen molar-refractivity contribution in [3.8, 4) is 17.2 Å². The number of hydrogen-bond acceptors (Lipinski definition) is 12. The van der Waals surface area contributed by atoms with E-state index < -0.39 is 23.7 Å². The van der Waals surface area contributed by atoms with Crippen molar-refractivity contribution >= 4 is 52.4 Å². The fourth-order valence-electron chi connectivity index (χ4n) is 2.43. The summed E-state index contributed by atoms with van der Waals surface area (Å²) in [4.78, 5) is 41.7. The number of hydrogen-bond donors (Lipinski definition) is 5. The van der Waals surface area contributed by atoms with Gasteiger partial charge in [-0.1, -0.05) is 6.07 Å². The summed E-state index contributed by atoms with van der Waals surface area (Å²) < 4.78 is 0. The smallest absolute Gasteiger partial charge is 0.545 e. The average molecular weight is 510 g/mol. The molecule has 0 bridgehead atoms. The first kappa shape index (κ1) is 31.3. The predicted octanol–water partition coefficient (Wildman–Crippen LogP) is -1.75. The molecule has 0 heterocycles. The number of anilines is 2. The second-order valence-electron chi connectivity index (χ2n) is 6.67. The van der Waals surface area contributed by atoms with Gasteiger partial charge < -0.3 is 56.5 Å². The van der Waals surface area contributed by atoms with Crippen LogP contribution in [0.3, 0.4) is 0 Å². The Morgan fingerprint density at radius 3 is 1.31 bits per heavy atom. The fourth-order valence-corrected chi connectivity index (χ4v) is 2.43. The third kappa shape index (κ3) is 8.90. The Hall–Kier alpha value is -4.73. The topological polar surface area (TPSA) is 250 Å². The van der Waals surface area contributed by atoms with Gasteiger partial charge in [0.25, 0.3) is 0 Å². The Balaban J connectivity index is 0.000000506. The number of rotatable bonds is 4. The maximum atomic E-state index is 10.9. The van der Waals surface area contributed by atoms with Crippen LogP contribution >= 0.6 is 0 Å².